The largest absolute Gasteiger partial charge is 0.383 e. The van der Waals surface area contributed by atoms with Crippen LogP contribution in [0.3, 0.4) is 0 Å². The molecule has 1 unspecified atom stereocenters. The lowest BCUT2D eigenvalue weighted by Crippen LogP contribution is -2.28. The van der Waals surface area contributed by atoms with Gasteiger partial charge in [-0.2, -0.15) is 0 Å². The molecule has 1 heterocycles. The summed E-state index contributed by atoms with van der Waals surface area (Å²) < 4.78 is 0. The van der Waals surface area contributed by atoms with Gasteiger partial charge in [0.15, 0.2) is 0 Å². The van der Waals surface area contributed by atoms with Crippen molar-refractivity contribution in [2.75, 3.05) is 32.4 Å². The molecule has 1 aromatic rings. The van der Waals surface area contributed by atoms with E-state index in [-0.39, 0.29) is 6.04 Å². The molecule has 0 amide bonds. The molecule has 0 fully saturated rings. The number of rotatable bonds is 7. The van der Waals surface area contributed by atoms with Gasteiger partial charge in [0.25, 0.3) is 0 Å². The quantitative estimate of drug-likeness (QED) is 0.798. The molecule has 0 aromatic carbocycles. The van der Waals surface area contributed by atoms with Crippen molar-refractivity contribution in [1.29, 1.82) is 0 Å². The van der Waals surface area contributed by atoms with Crippen molar-refractivity contribution in [3.05, 3.63) is 22.8 Å². The Morgan fingerprint density at radius 2 is 2.11 bits per heavy atom. The molecule has 0 bridgehead atoms. The molecule has 102 valence electrons. The van der Waals surface area contributed by atoms with E-state index in [4.69, 9.17) is 17.3 Å². The third kappa shape index (κ3) is 4.12. The summed E-state index contributed by atoms with van der Waals surface area (Å²) in [6, 6.07) is 2.09. The van der Waals surface area contributed by atoms with Crippen LogP contribution in [0.25, 0.3) is 0 Å². The number of hydrogen-bond donors (Lipinski definition) is 2. The van der Waals surface area contributed by atoms with Crippen molar-refractivity contribution in [3.63, 3.8) is 0 Å². The Bertz CT molecular complexity index is 366. The summed E-state index contributed by atoms with van der Waals surface area (Å²) in [4.78, 5) is 6.49. The highest BCUT2D eigenvalue weighted by Gasteiger charge is 2.14. The summed E-state index contributed by atoms with van der Waals surface area (Å²) >= 11 is 5.98. The zero-order valence-corrected chi connectivity index (χ0v) is 12.2. The maximum absolute atomic E-state index is 5.98. The normalized spacial score (nSPS) is 12.9. The number of nitrogens with two attached hydrogens (primary N) is 1. The Hall–Kier alpha value is -0.840. The van der Waals surface area contributed by atoms with E-state index < -0.39 is 0 Å². The first-order valence-electron chi connectivity index (χ1n) is 6.42. The minimum absolute atomic E-state index is 0.191. The lowest BCUT2D eigenvalue weighted by Gasteiger charge is -2.23. The van der Waals surface area contributed by atoms with Crippen molar-refractivity contribution in [1.82, 2.24) is 15.2 Å². The van der Waals surface area contributed by atoms with Crippen LogP contribution in [-0.4, -0.2) is 36.6 Å². The predicted molar refractivity (Wildman–Crippen MR) is 77.9 cm³/mol. The number of pyridine rings is 1. The highest BCUT2D eigenvalue weighted by atomic mass is 35.5. The highest BCUT2D eigenvalue weighted by molar-refractivity contribution is 6.30. The zero-order chi connectivity index (χ0) is 13.5. The molecule has 1 atom stereocenters. The Balaban J connectivity index is 2.73. The fraction of sp³-hybridized carbons (Fsp3) is 0.615. The average molecular weight is 271 g/mol. The van der Waals surface area contributed by atoms with E-state index in [9.17, 15) is 0 Å². The first-order valence-corrected chi connectivity index (χ1v) is 6.80. The summed E-state index contributed by atoms with van der Waals surface area (Å²) in [7, 11) is 1.94. The molecular weight excluding hydrogens is 248 g/mol. The van der Waals surface area contributed by atoms with Crippen LogP contribution in [0.5, 0.6) is 0 Å². The van der Waals surface area contributed by atoms with Crippen LogP contribution in [0.1, 0.15) is 31.9 Å². The number of nitrogens with one attached hydrogen (secondary N) is 1. The Labute approximate surface area is 115 Å². The number of anilines is 1. The summed E-state index contributed by atoms with van der Waals surface area (Å²) in [5.74, 6) is 0.554. The van der Waals surface area contributed by atoms with E-state index in [0.29, 0.717) is 10.8 Å². The fourth-order valence-electron chi connectivity index (χ4n) is 2.05. The summed E-state index contributed by atoms with van der Waals surface area (Å²) in [6.07, 6.45) is 2.57. The van der Waals surface area contributed by atoms with Crippen molar-refractivity contribution < 1.29 is 0 Å². The molecule has 0 spiro atoms. The molecule has 18 heavy (non-hydrogen) atoms. The smallest absolute Gasteiger partial charge is 0.128 e. The van der Waals surface area contributed by atoms with Gasteiger partial charge in [0.2, 0.25) is 0 Å². The standard InChI is InChI=1S/C13H23ClN4/c1-4-18(5-2)7-6-12(16-3)11-8-10(14)9-17-13(11)15/h8-9,12,16H,4-7H2,1-3H3,(H2,15,17). The zero-order valence-electron chi connectivity index (χ0n) is 11.4. The van der Waals surface area contributed by atoms with E-state index in [1.807, 2.05) is 13.1 Å². The number of halogens is 1. The Morgan fingerprint density at radius 3 is 2.67 bits per heavy atom. The van der Waals surface area contributed by atoms with Crippen LogP contribution < -0.4 is 11.1 Å². The maximum atomic E-state index is 5.98. The monoisotopic (exact) mass is 270 g/mol. The lowest BCUT2D eigenvalue weighted by molar-refractivity contribution is 0.284. The van der Waals surface area contributed by atoms with Gasteiger partial charge < -0.3 is 16.0 Å². The Morgan fingerprint density at radius 1 is 1.44 bits per heavy atom. The Kier molecular flexibility index (Phi) is 6.39. The first-order chi connectivity index (χ1) is 8.62. The number of hydrogen-bond acceptors (Lipinski definition) is 4. The molecule has 1 aromatic heterocycles. The molecule has 5 heteroatoms. The average Bonchev–Trinajstić information content (AvgIpc) is 2.38. The highest BCUT2D eigenvalue weighted by Crippen LogP contribution is 2.24. The van der Waals surface area contributed by atoms with Gasteiger partial charge in [-0.1, -0.05) is 25.4 Å². The SMILES string of the molecule is CCN(CC)CCC(NC)c1cc(Cl)cnc1N. The molecule has 0 aliphatic rings. The van der Waals surface area contributed by atoms with Crippen molar-refractivity contribution >= 4 is 17.4 Å². The van der Waals surface area contributed by atoms with Gasteiger partial charge >= 0.3 is 0 Å². The van der Waals surface area contributed by atoms with Crippen LogP contribution in [-0.2, 0) is 0 Å². The summed E-state index contributed by atoms with van der Waals surface area (Å²) in [5.41, 5.74) is 6.90. The molecule has 0 aliphatic heterocycles. The fourth-order valence-corrected chi connectivity index (χ4v) is 2.22. The van der Waals surface area contributed by atoms with Crippen molar-refractivity contribution in [2.45, 2.75) is 26.3 Å². The molecule has 0 radical (unpaired) electrons. The summed E-state index contributed by atoms with van der Waals surface area (Å²) in [5, 5.41) is 3.91. The van der Waals surface area contributed by atoms with Gasteiger partial charge in [0.05, 0.1) is 5.02 Å². The van der Waals surface area contributed by atoms with Gasteiger partial charge in [-0.25, -0.2) is 4.98 Å². The second kappa shape index (κ2) is 7.56. The summed E-state index contributed by atoms with van der Waals surface area (Å²) in [6.45, 7) is 7.51. The third-order valence-corrected chi connectivity index (χ3v) is 3.48. The minimum Gasteiger partial charge on any atom is -0.383 e. The minimum atomic E-state index is 0.191. The number of aromatic nitrogens is 1. The predicted octanol–water partition coefficient (Wildman–Crippen LogP) is 2.31. The lowest BCUT2D eigenvalue weighted by atomic mass is 10.0. The molecule has 0 saturated heterocycles. The number of nitrogen functional groups attached to an aromatic ring is 1. The maximum Gasteiger partial charge on any atom is 0.128 e. The van der Waals surface area contributed by atoms with Crippen LogP contribution in [0, 0.1) is 0 Å². The van der Waals surface area contributed by atoms with Gasteiger partial charge in [0.1, 0.15) is 5.82 Å². The van der Waals surface area contributed by atoms with E-state index in [2.05, 4.69) is 29.0 Å². The van der Waals surface area contributed by atoms with Gasteiger partial charge in [-0.15, -0.1) is 0 Å². The van der Waals surface area contributed by atoms with Gasteiger partial charge in [-0.3, -0.25) is 0 Å². The first kappa shape index (κ1) is 15.2. The molecule has 3 N–H and O–H groups in total. The van der Waals surface area contributed by atoms with Crippen LogP contribution in [0.2, 0.25) is 5.02 Å². The molecule has 0 aliphatic carbocycles. The van der Waals surface area contributed by atoms with E-state index in [1.54, 1.807) is 6.20 Å². The van der Waals surface area contributed by atoms with Crippen LogP contribution >= 0.6 is 11.6 Å². The van der Waals surface area contributed by atoms with E-state index in [1.165, 1.54) is 0 Å². The molecule has 1 rings (SSSR count). The second-order valence-electron chi connectivity index (χ2n) is 4.28. The van der Waals surface area contributed by atoms with Crippen LogP contribution in [0.4, 0.5) is 5.82 Å². The number of nitrogens with zero attached hydrogens (tertiary/aromatic N) is 2. The van der Waals surface area contributed by atoms with E-state index >= 15 is 0 Å². The second-order valence-corrected chi connectivity index (χ2v) is 4.72. The molecular formula is C13H23ClN4. The van der Waals surface area contributed by atoms with Crippen molar-refractivity contribution in [2.24, 2.45) is 0 Å². The van der Waals surface area contributed by atoms with Gasteiger partial charge in [-0.05, 0) is 39.2 Å². The molecule has 4 nitrogen and oxygen atoms in total. The van der Waals surface area contributed by atoms with Crippen LogP contribution in [0.15, 0.2) is 12.3 Å². The van der Waals surface area contributed by atoms with Crippen molar-refractivity contribution in [3.8, 4) is 0 Å². The van der Waals surface area contributed by atoms with Gasteiger partial charge in [0, 0.05) is 17.8 Å². The molecule has 0 saturated carbocycles. The third-order valence-electron chi connectivity index (χ3n) is 3.27. The van der Waals surface area contributed by atoms with E-state index in [0.717, 1.165) is 31.6 Å². The topological polar surface area (TPSA) is 54.2 Å².